The molecule has 0 spiro atoms. The molecular formula is C12H8FNO3S. The molecule has 18 heavy (non-hydrogen) atoms. The summed E-state index contributed by atoms with van der Waals surface area (Å²) in [6, 6.07) is 4.25. The van der Waals surface area contributed by atoms with Crippen molar-refractivity contribution in [3.63, 3.8) is 0 Å². The van der Waals surface area contributed by atoms with Crippen LogP contribution < -0.4 is 0 Å². The van der Waals surface area contributed by atoms with Gasteiger partial charge in [0.1, 0.15) is 17.1 Å². The Balaban J connectivity index is 2.73. The van der Waals surface area contributed by atoms with Crippen molar-refractivity contribution in [3.8, 4) is 0 Å². The third kappa shape index (κ3) is 2.03. The Morgan fingerprint density at radius 3 is 3.06 bits per heavy atom. The van der Waals surface area contributed by atoms with Crippen molar-refractivity contribution < 1.29 is 18.3 Å². The van der Waals surface area contributed by atoms with Crippen LogP contribution in [0.3, 0.4) is 0 Å². The molecule has 0 aliphatic heterocycles. The highest BCUT2D eigenvalue weighted by atomic mass is 32.1. The summed E-state index contributed by atoms with van der Waals surface area (Å²) in [6.07, 6.45) is 0. The molecule has 0 saturated heterocycles. The lowest BCUT2D eigenvalue weighted by atomic mass is 10.2. The molecule has 1 aromatic heterocycles. The van der Waals surface area contributed by atoms with Crippen molar-refractivity contribution in [2.24, 2.45) is 4.99 Å². The zero-order valence-corrected chi connectivity index (χ0v) is 10.2. The van der Waals surface area contributed by atoms with E-state index in [0.717, 1.165) is 0 Å². The molecular weight excluding hydrogens is 257 g/mol. The van der Waals surface area contributed by atoms with E-state index in [2.05, 4.69) is 22.4 Å². The van der Waals surface area contributed by atoms with Gasteiger partial charge in [0.05, 0.1) is 17.2 Å². The molecule has 1 heterocycles. The van der Waals surface area contributed by atoms with E-state index in [0.29, 0.717) is 0 Å². The van der Waals surface area contributed by atoms with Gasteiger partial charge in [-0.3, -0.25) is 0 Å². The number of rotatable bonds is 3. The van der Waals surface area contributed by atoms with Crippen molar-refractivity contribution in [2.45, 2.75) is 6.92 Å². The largest absolute Gasteiger partial charge is 0.460 e. The number of benzene rings is 1. The maximum Gasteiger partial charge on any atom is 0.376 e. The molecule has 0 aliphatic carbocycles. The number of halogens is 1. The average Bonchev–Trinajstić information content (AvgIpc) is 2.70. The van der Waals surface area contributed by atoms with Crippen LogP contribution in [0.15, 0.2) is 27.6 Å². The first-order valence-corrected chi connectivity index (χ1v) is 5.55. The predicted octanol–water partition coefficient (Wildman–Crippen LogP) is 3.48. The van der Waals surface area contributed by atoms with Gasteiger partial charge >= 0.3 is 5.97 Å². The van der Waals surface area contributed by atoms with Crippen molar-refractivity contribution in [1.82, 2.24) is 0 Å². The van der Waals surface area contributed by atoms with E-state index in [1.807, 2.05) is 0 Å². The van der Waals surface area contributed by atoms with Crippen LogP contribution in [0.5, 0.6) is 0 Å². The Labute approximate surface area is 107 Å². The fraction of sp³-hybridized carbons (Fsp3) is 0.167. The molecule has 0 saturated carbocycles. The Morgan fingerprint density at radius 2 is 2.39 bits per heavy atom. The van der Waals surface area contributed by atoms with E-state index < -0.39 is 11.8 Å². The van der Waals surface area contributed by atoms with Crippen molar-refractivity contribution in [2.75, 3.05) is 6.61 Å². The zero-order valence-electron chi connectivity index (χ0n) is 9.40. The molecule has 2 aromatic rings. The fourth-order valence-corrected chi connectivity index (χ4v) is 1.67. The average molecular weight is 265 g/mol. The van der Waals surface area contributed by atoms with Crippen LogP contribution in [0.4, 0.5) is 10.1 Å². The van der Waals surface area contributed by atoms with Crippen molar-refractivity contribution in [3.05, 3.63) is 29.8 Å². The Kier molecular flexibility index (Phi) is 3.50. The van der Waals surface area contributed by atoms with Crippen molar-refractivity contribution >= 4 is 40.0 Å². The molecule has 0 unspecified atom stereocenters. The van der Waals surface area contributed by atoms with E-state index in [-0.39, 0.29) is 29.0 Å². The highest BCUT2D eigenvalue weighted by Crippen LogP contribution is 2.35. The van der Waals surface area contributed by atoms with Gasteiger partial charge in [-0.15, -0.1) is 0 Å². The van der Waals surface area contributed by atoms with Gasteiger partial charge in [-0.25, -0.2) is 9.18 Å². The highest BCUT2D eigenvalue weighted by Gasteiger charge is 2.23. The summed E-state index contributed by atoms with van der Waals surface area (Å²) in [7, 11) is 0. The van der Waals surface area contributed by atoms with Gasteiger partial charge in [-0.1, -0.05) is 6.07 Å². The smallest absolute Gasteiger partial charge is 0.376 e. The molecule has 92 valence electrons. The number of furan rings is 1. The molecule has 1 aromatic carbocycles. The Bertz CT molecular complexity index is 659. The predicted molar refractivity (Wildman–Crippen MR) is 66.8 cm³/mol. The van der Waals surface area contributed by atoms with Crippen LogP contribution in [0.1, 0.15) is 17.5 Å². The lowest BCUT2D eigenvalue weighted by Gasteiger charge is -1.97. The molecule has 0 bridgehead atoms. The summed E-state index contributed by atoms with van der Waals surface area (Å²) >= 11 is 4.48. The Hall–Kier alpha value is -2.04. The molecule has 4 nitrogen and oxygen atoms in total. The van der Waals surface area contributed by atoms with Gasteiger partial charge in [0.2, 0.25) is 5.76 Å². The number of thiocarbonyl (C=S) groups is 1. The van der Waals surface area contributed by atoms with Crippen LogP contribution in [0, 0.1) is 5.82 Å². The molecule has 0 radical (unpaired) electrons. The number of carbonyl (C=O) groups is 1. The van der Waals surface area contributed by atoms with E-state index in [4.69, 9.17) is 9.15 Å². The monoisotopic (exact) mass is 265 g/mol. The first-order valence-electron chi connectivity index (χ1n) is 5.15. The molecule has 0 atom stereocenters. The lowest BCUT2D eigenvalue weighted by molar-refractivity contribution is 0.0494. The van der Waals surface area contributed by atoms with Gasteiger partial charge in [-0.05, 0) is 31.3 Å². The maximum atomic E-state index is 13.7. The summed E-state index contributed by atoms with van der Waals surface area (Å²) < 4.78 is 23.8. The molecule has 0 fully saturated rings. The zero-order chi connectivity index (χ0) is 13.1. The second kappa shape index (κ2) is 5.08. The second-order valence-electron chi connectivity index (χ2n) is 3.32. The van der Waals surface area contributed by atoms with Crippen LogP contribution in [0.2, 0.25) is 0 Å². The highest BCUT2D eigenvalue weighted by molar-refractivity contribution is 7.78. The van der Waals surface area contributed by atoms with Crippen LogP contribution in [-0.2, 0) is 4.74 Å². The number of fused-ring (bicyclic) bond motifs is 1. The van der Waals surface area contributed by atoms with Crippen molar-refractivity contribution in [1.29, 1.82) is 0 Å². The third-order valence-corrected chi connectivity index (χ3v) is 2.35. The second-order valence-corrected chi connectivity index (χ2v) is 3.50. The quantitative estimate of drug-likeness (QED) is 0.484. The van der Waals surface area contributed by atoms with E-state index in [1.165, 1.54) is 18.2 Å². The standard InChI is InChI=1S/C12H8FNO3S/c1-2-16-12(15)11-10(14-6-18)9-7(13)4-3-5-8(9)17-11/h3-5H,2H2,1H3. The third-order valence-electron chi connectivity index (χ3n) is 2.26. The molecule has 0 amide bonds. The number of hydrogen-bond donors (Lipinski definition) is 0. The summed E-state index contributed by atoms with van der Waals surface area (Å²) in [5.41, 5.74) is 0.221. The first kappa shape index (κ1) is 12.4. The van der Waals surface area contributed by atoms with Crippen LogP contribution >= 0.6 is 12.2 Å². The number of aliphatic imine (C=N–C) groups is 1. The number of nitrogens with zero attached hydrogens (tertiary/aromatic N) is 1. The van der Waals surface area contributed by atoms with Crippen LogP contribution in [0.25, 0.3) is 11.0 Å². The number of ether oxygens (including phenoxy) is 1. The number of isothiocyanates is 1. The van der Waals surface area contributed by atoms with Gasteiger partial charge in [0, 0.05) is 0 Å². The number of esters is 1. The van der Waals surface area contributed by atoms with E-state index >= 15 is 0 Å². The summed E-state index contributed by atoms with van der Waals surface area (Å²) in [6.45, 7) is 1.84. The molecule has 0 N–H and O–H groups in total. The SMILES string of the molecule is CCOC(=O)c1oc2cccc(F)c2c1N=C=S. The summed E-state index contributed by atoms with van der Waals surface area (Å²) in [4.78, 5) is 15.4. The Morgan fingerprint density at radius 1 is 1.61 bits per heavy atom. The van der Waals surface area contributed by atoms with Gasteiger partial charge in [0.15, 0.2) is 0 Å². The summed E-state index contributed by atoms with van der Waals surface area (Å²) in [5.74, 6) is -1.43. The normalized spacial score (nSPS) is 10.1. The molecule has 6 heteroatoms. The van der Waals surface area contributed by atoms with E-state index in [9.17, 15) is 9.18 Å². The summed E-state index contributed by atoms with van der Waals surface area (Å²) in [5, 5.41) is 2.20. The van der Waals surface area contributed by atoms with Gasteiger partial charge in [0.25, 0.3) is 0 Å². The topological polar surface area (TPSA) is 51.8 Å². The van der Waals surface area contributed by atoms with E-state index in [1.54, 1.807) is 6.92 Å². The molecule has 2 rings (SSSR count). The maximum absolute atomic E-state index is 13.7. The minimum Gasteiger partial charge on any atom is -0.460 e. The first-order chi connectivity index (χ1) is 8.69. The van der Waals surface area contributed by atoms with Gasteiger partial charge < -0.3 is 9.15 Å². The number of hydrogen-bond acceptors (Lipinski definition) is 5. The lowest BCUT2D eigenvalue weighted by Crippen LogP contribution is -2.03. The minimum absolute atomic E-state index is 0.0107. The van der Waals surface area contributed by atoms with Crippen LogP contribution in [-0.4, -0.2) is 17.7 Å². The van der Waals surface area contributed by atoms with Gasteiger partial charge in [-0.2, -0.15) is 4.99 Å². The number of carbonyl (C=O) groups excluding carboxylic acids is 1. The minimum atomic E-state index is -0.711. The fourth-order valence-electron chi connectivity index (χ4n) is 1.58. The molecule has 0 aliphatic rings.